The minimum atomic E-state index is -0.790. The fourth-order valence-electron chi connectivity index (χ4n) is 8.10. The number of amides is 1. The first-order chi connectivity index (χ1) is 30.0. The van der Waals surface area contributed by atoms with Gasteiger partial charge in [0.05, 0.1) is 25.2 Å². The third-order valence-corrected chi connectivity index (χ3v) is 12.2. The van der Waals surface area contributed by atoms with Crippen LogP contribution >= 0.6 is 0 Å². The number of carbonyl (C=O) groups is 2. The molecule has 0 aliphatic carbocycles. The number of unbranched alkanes of at least 4 members (excludes halogenated alkanes) is 30. The molecular formula is C55H103NO5. The van der Waals surface area contributed by atoms with E-state index in [1.165, 1.54) is 154 Å². The highest BCUT2D eigenvalue weighted by Crippen LogP contribution is 2.18. The summed E-state index contributed by atoms with van der Waals surface area (Å²) in [6.07, 6.45) is 57.7. The van der Waals surface area contributed by atoms with Gasteiger partial charge in [0, 0.05) is 6.42 Å². The van der Waals surface area contributed by atoms with Crippen LogP contribution in [0.2, 0.25) is 0 Å². The van der Waals surface area contributed by atoms with Crippen molar-refractivity contribution in [2.45, 2.75) is 296 Å². The number of rotatable bonds is 48. The lowest BCUT2D eigenvalue weighted by Crippen LogP contribution is -2.46. The fraction of sp³-hybridized carbons (Fsp3) is 0.855. The molecule has 0 radical (unpaired) electrons. The second-order valence-corrected chi connectivity index (χ2v) is 18.3. The largest absolute Gasteiger partial charge is 0.462 e. The van der Waals surface area contributed by atoms with Gasteiger partial charge in [-0.25, -0.2) is 0 Å². The zero-order valence-corrected chi connectivity index (χ0v) is 40.8. The molecule has 6 nitrogen and oxygen atoms in total. The molecule has 0 aromatic heterocycles. The average molecular weight is 858 g/mol. The lowest BCUT2D eigenvalue weighted by atomic mass is 10.0. The third-order valence-electron chi connectivity index (χ3n) is 12.2. The van der Waals surface area contributed by atoms with Crippen molar-refractivity contribution in [1.29, 1.82) is 0 Å². The molecule has 0 spiro atoms. The zero-order chi connectivity index (χ0) is 44.5. The molecule has 3 atom stereocenters. The molecule has 6 heteroatoms. The van der Waals surface area contributed by atoms with Gasteiger partial charge < -0.3 is 20.3 Å². The van der Waals surface area contributed by atoms with Crippen molar-refractivity contribution in [3.05, 3.63) is 36.5 Å². The summed E-state index contributed by atoms with van der Waals surface area (Å²) in [5.74, 6) is -0.489. The molecule has 3 N–H and O–H groups in total. The molecule has 61 heavy (non-hydrogen) atoms. The van der Waals surface area contributed by atoms with Crippen molar-refractivity contribution in [3.8, 4) is 0 Å². The third kappa shape index (κ3) is 44.5. The van der Waals surface area contributed by atoms with Crippen LogP contribution in [-0.2, 0) is 14.3 Å². The summed E-state index contributed by atoms with van der Waals surface area (Å²) < 4.78 is 5.93. The van der Waals surface area contributed by atoms with E-state index in [1.807, 2.05) is 0 Å². The number of aliphatic hydroxyl groups excluding tert-OH is 2. The number of aliphatic hydroxyl groups is 2. The SMILES string of the molecule is CCCCC/C=C\C/C=C\CCCCCCCCCC(=O)OC(CCCCC/C=C/CCCCCCCCC)CC(=O)NC(CO)C(O)CCCCCCCCCCCCC. The van der Waals surface area contributed by atoms with Crippen LogP contribution in [0.15, 0.2) is 36.5 Å². The minimum absolute atomic E-state index is 0.0662. The first-order valence-electron chi connectivity index (χ1n) is 26.7. The highest BCUT2D eigenvalue weighted by Gasteiger charge is 2.24. The first-order valence-corrected chi connectivity index (χ1v) is 26.7. The number of hydrogen-bond donors (Lipinski definition) is 3. The van der Waals surface area contributed by atoms with Crippen molar-refractivity contribution in [3.63, 3.8) is 0 Å². The van der Waals surface area contributed by atoms with Crippen molar-refractivity contribution >= 4 is 11.9 Å². The second kappa shape index (κ2) is 49.1. The molecule has 0 saturated heterocycles. The van der Waals surface area contributed by atoms with E-state index in [1.54, 1.807) is 0 Å². The van der Waals surface area contributed by atoms with Crippen molar-refractivity contribution in [1.82, 2.24) is 5.32 Å². The Balaban J connectivity index is 4.58. The van der Waals surface area contributed by atoms with E-state index in [-0.39, 0.29) is 24.9 Å². The summed E-state index contributed by atoms with van der Waals surface area (Å²) in [5, 5.41) is 23.7. The van der Waals surface area contributed by atoms with E-state index in [0.29, 0.717) is 19.3 Å². The Labute approximate surface area is 379 Å². The van der Waals surface area contributed by atoms with E-state index in [4.69, 9.17) is 4.74 Å². The van der Waals surface area contributed by atoms with Crippen LogP contribution in [-0.4, -0.2) is 46.9 Å². The van der Waals surface area contributed by atoms with Gasteiger partial charge >= 0.3 is 5.97 Å². The van der Waals surface area contributed by atoms with Gasteiger partial charge in [-0.2, -0.15) is 0 Å². The Morgan fingerprint density at radius 1 is 0.475 bits per heavy atom. The van der Waals surface area contributed by atoms with E-state index in [2.05, 4.69) is 62.5 Å². The molecule has 3 unspecified atom stereocenters. The van der Waals surface area contributed by atoms with Gasteiger partial charge in [0.1, 0.15) is 6.10 Å². The molecule has 0 aromatic carbocycles. The molecule has 0 rings (SSSR count). The molecule has 358 valence electrons. The molecule has 0 aromatic rings. The molecule has 0 fully saturated rings. The number of allylic oxidation sites excluding steroid dienone is 6. The van der Waals surface area contributed by atoms with Gasteiger partial charge in [0.15, 0.2) is 0 Å². The number of nitrogens with one attached hydrogen (secondary N) is 1. The highest BCUT2D eigenvalue weighted by atomic mass is 16.5. The van der Waals surface area contributed by atoms with Gasteiger partial charge in [-0.1, -0.05) is 218 Å². The molecular weight excluding hydrogens is 755 g/mol. The van der Waals surface area contributed by atoms with E-state index in [9.17, 15) is 19.8 Å². The van der Waals surface area contributed by atoms with Crippen molar-refractivity contribution in [2.75, 3.05) is 6.61 Å². The first kappa shape index (κ1) is 59.1. The normalized spacial score (nSPS) is 13.5. The summed E-state index contributed by atoms with van der Waals surface area (Å²) in [7, 11) is 0. The summed E-state index contributed by atoms with van der Waals surface area (Å²) in [6, 6.07) is -0.705. The van der Waals surface area contributed by atoms with Crippen LogP contribution in [0.5, 0.6) is 0 Å². The Kier molecular flexibility index (Phi) is 47.6. The monoisotopic (exact) mass is 858 g/mol. The van der Waals surface area contributed by atoms with Gasteiger partial charge in [-0.15, -0.1) is 0 Å². The summed E-state index contributed by atoms with van der Waals surface area (Å²) >= 11 is 0. The van der Waals surface area contributed by atoms with Crippen LogP contribution in [0, 0.1) is 0 Å². The Morgan fingerprint density at radius 3 is 1.31 bits per heavy atom. The van der Waals surface area contributed by atoms with Crippen molar-refractivity contribution in [2.24, 2.45) is 0 Å². The summed E-state index contributed by atoms with van der Waals surface area (Å²) in [5.41, 5.74) is 0. The summed E-state index contributed by atoms with van der Waals surface area (Å²) in [6.45, 7) is 6.46. The fourth-order valence-corrected chi connectivity index (χ4v) is 8.10. The molecule has 0 aliphatic rings. The predicted molar refractivity (Wildman–Crippen MR) is 264 cm³/mol. The van der Waals surface area contributed by atoms with E-state index < -0.39 is 18.2 Å². The van der Waals surface area contributed by atoms with Crippen LogP contribution < -0.4 is 5.32 Å². The number of carbonyl (C=O) groups excluding carboxylic acids is 2. The number of ether oxygens (including phenoxy) is 1. The van der Waals surface area contributed by atoms with Crippen LogP contribution in [0.1, 0.15) is 278 Å². The smallest absolute Gasteiger partial charge is 0.306 e. The average Bonchev–Trinajstić information content (AvgIpc) is 3.25. The predicted octanol–water partition coefficient (Wildman–Crippen LogP) is 16.1. The Morgan fingerprint density at radius 2 is 0.836 bits per heavy atom. The number of hydrogen-bond acceptors (Lipinski definition) is 5. The minimum Gasteiger partial charge on any atom is -0.462 e. The molecule has 0 saturated carbocycles. The standard InChI is InChI=1S/C55H103NO5/c1-4-7-10-13-16-19-22-24-26-27-28-30-33-36-39-42-45-48-55(60)61-51(46-43-40-37-34-32-29-25-23-20-17-14-11-8-5-2)49-54(59)56-52(50-57)53(58)47-44-41-38-35-31-21-18-15-12-9-6-3/h16,19,24,26,29,32,51-53,57-58H,4-15,17-18,20-23,25,27-28,30-31,33-50H2,1-3H3,(H,56,59)/b19-16-,26-24-,32-29+. The van der Waals surface area contributed by atoms with Gasteiger partial charge in [-0.3, -0.25) is 9.59 Å². The molecule has 1 amide bonds. The molecule has 0 heterocycles. The maximum atomic E-state index is 13.2. The maximum absolute atomic E-state index is 13.2. The zero-order valence-electron chi connectivity index (χ0n) is 40.8. The number of esters is 1. The van der Waals surface area contributed by atoms with Gasteiger partial charge in [0.2, 0.25) is 5.91 Å². The van der Waals surface area contributed by atoms with E-state index >= 15 is 0 Å². The Hall–Kier alpha value is -1.92. The highest BCUT2D eigenvalue weighted by molar-refractivity contribution is 5.77. The lowest BCUT2D eigenvalue weighted by molar-refractivity contribution is -0.151. The molecule has 0 aliphatic heterocycles. The van der Waals surface area contributed by atoms with Gasteiger partial charge in [0.25, 0.3) is 0 Å². The Bertz CT molecular complexity index is 1010. The second-order valence-electron chi connectivity index (χ2n) is 18.3. The van der Waals surface area contributed by atoms with Gasteiger partial charge in [-0.05, 0) is 83.5 Å². The summed E-state index contributed by atoms with van der Waals surface area (Å²) in [4.78, 5) is 26.2. The van der Waals surface area contributed by atoms with Crippen molar-refractivity contribution < 1.29 is 24.5 Å². The van der Waals surface area contributed by atoms with Crippen LogP contribution in [0.4, 0.5) is 0 Å². The maximum Gasteiger partial charge on any atom is 0.306 e. The lowest BCUT2D eigenvalue weighted by Gasteiger charge is -2.24. The molecule has 0 bridgehead atoms. The quantitative estimate of drug-likeness (QED) is 0.0322. The van der Waals surface area contributed by atoms with Crippen LogP contribution in [0.25, 0.3) is 0 Å². The topological polar surface area (TPSA) is 95.9 Å². The van der Waals surface area contributed by atoms with Crippen LogP contribution in [0.3, 0.4) is 0 Å². The van der Waals surface area contributed by atoms with E-state index in [0.717, 1.165) is 77.0 Å².